The highest BCUT2D eigenvalue weighted by molar-refractivity contribution is 5.71. The summed E-state index contributed by atoms with van der Waals surface area (Å²) in [5, 5.41) is 8.98. The van der Waals surface area contributed by atoms with Crippen LogP contribution in [0.15, 0.2) is 0 Å². The predicted molar refractivity (Wildman–Crippen MR) is 101 cm³/mol. The summed E-state index contributed by atoms with van der Waals surface area (Å²) in [6.45, 7) is 4.98. The molecule has 1 N–H and O–H groups in total. The summed E-state index contributed by atoms with van der Waals surface area (Å²) in [5.41, 5.74) is 0. The van der Waals surface area contributed by atoms with Crippen molar-refractivity contribution < 1.29 is 23.9 Å². The second-order valence-corrected chi connectivity index (χ2v) is 8.38. The fraction of sp³-hybridized carbons (Fsp3) is 0.900. The van der Waals surface area contributed by atoms with Gasteiger partial charge in [-0.15, -0.1) is 0 Å². The van der Waals surface area contributed by atoms with E-state index in [0.717, 1.165) is 12.8 Å². The van der Waals surface area contributed by atoms with Gasteiger partial charge in [-0.05, 0) is 12.3 Å². The molecule has 0 aliphatic carbocycles. The largest absolute Gasteiger partial charge is 0.481 e. The smallest absolute Gasteiger partial charge is 0.307 e. The Morgan fingerprint density at radius 2 is 1.60 bits per heavy atom. The molecule has 0 bridgehead atoms. The molecule has 0 aliphatic heterocycles. The van der Waals surface area contributed by atoms with E-state index in [9.17, 15) is 9.59 Å². The van der Waals surface area contributed by atoms with Crippen LogP contribution >= 0.6 is 0 Å². The van der Waals surface area contributed by atoms with Crippen molar-refractivity contribution in [1.29, 1.82) is 0 Å². The van der Waals surface area contributed by atoms with E-state index in [2.05, 4.69) is 13.8 Å². The number of hydrogen-bond acceptors (Lipinski definition) is 3. The fourth-order valence-electron chi connectivity index (χ4n) is 3.03. The number of carboxylic acids is 1. The quantitative estimate of drug-likeness (QED) is 0.270. The zero-order valence-corrected chi connectivity index (χ0v) is 17.1. The standard InChI is InChI=1S/C20H39NO4/c1-6-7-8-9-10-12-17(2)13-11-14-20(24)25-18(15-19(22)23)16-21(3,4)5/h17-18H,6-16H2,1-5H3/p+1. The molecule has 0 fully saturated rings. The Kier molecular flexibility index (Phi) is 12.6. The van der Waals surface area contributed by atoms with Gasteiger partial charge in [-0.1, -0.05) is 58.8 Å². The summed E-state index contributed by atoms with van der Waals surface area (Å²) in [6, 6.07) is 0. The first-order valence-corrected chi connectivity index (χ1v) is 9.85. The van der Waals surface area contributed by atoms with Crippen LogP contribution in [0.25, 0.3) is 0 Å². The van der Waals surface area contributed by atoms with Gasteiger partial charge in [0.05, 0.1) is 27.6 Å². The number of rotatable bonds is 15. The summed E-state index contributed by atoms with van der Waals surface area (Å²) in [5.74, 6) is -0.562. The minimum Gasteiger partial charge on any atom is -0.481 e. The van der Waals surface area contributed by atoms with Crippen LogP contribution < -0.4 is 0 Å². The number of likely N-dealkylation sites (N-methyl/N-ethyl adjacent to an activating group) is 1. The molecule has 25 heavy (non-hydrogen) atoms. The average molecular weight is 359 g/mol. The third kappa shape index (κ3) is 16.1. The lowest BCUT2D eigenvalue weighted by atomic mass is 9.97. The Labute approximate surface area is 154 Å². The van der Waals surface area contributed by atoms with Crippen molar-refractivity contribution in [3.63, 3.8) is 0 Å². The number of carbonyl (C=O) groups excluding carboxylic acids is 1. The first kappa shape index (κ1) is 23.9. The Bertz CT molecular complexity index is 376. The summed E-state index contributed by atoms with van der Waals surface area (Å²) in [4.78, 5) is 23.0. The molecule has 0 aromatic rings. The maximum Gasteiger partial charge on any atom is 0.307 e. The molecule has 0 saturated heterocycles. The van der Waals surface area contributed by atoms with E-state index in [-0.39, 0.29) is 12.4 Å². The Balaban J connectivity index is 3.99. The molecular weight excluding hydrogens is 318 g/mol. The molecule has 0 saturated carbocycles. The fourth-order valence-corrected chi connectivity index (χ4v) is 3.03. The summed E-state index contributed by atoms with van der Waals surface area (Å²) in [6.07, 6.45) is 9.27. The monoisotopic (exact) mass is 358 g/mol. The first-order chi connectivity index (χ1) is 11.6. The number of unbranched alkanes of at least 4 members (excludes halogenated alkanes) is 4. The number of nitrogens with zero attached hydrogens (tertiary/aromatic N) is 1. The normalized spacial score (nSPS) is 14.1. The number of hydrogen-bond donors (Lipinski definition) is 1. The Morgan fingerprint density at radius 3 is 2.16 bits per heavy atom. The molecule has 0 aromatic carbocycles. The number of esters is 1. The van der Waals surface area contributed by atoms with Gasteiger partial charge in [-0.2, -0.15) is 0 Å². The van der Waals surface area contributed by atoms with Gasteiger partial charge in [0.1, 0.15) is 6.54 Å². The number of carbonyl (C=O) groups is 2. The van der Waals surface area contributed by atoms with Crippen molar-refractivity contribution in [2.75, 3.05) is 27.7 Å². The summed E-state index contributed by atoms with van der Waals surface area (Å²) in [7, 11) is 5.89. The molecule has 2 atom stereocenters. The van der Waals surface area contributed by atoms with Gasteiger partial charge in [-0.3, -0.25) is 9.59 Å². The maximum atomic E-state index is 12.0. The highest BCUT2D eigenvalue weighted by atomic mass is 16.5. The van der Waals surface area contributed by atoms with Crippen LogP contribution in [0.1, 0.15) is 78.1 Å². The van der Waals surface area contributed by atoms with E-state index >= 15 is 0 Å². The first-order valence-electron chi connectivity index (χ1n) is 9.85. The summed E-state index contributed by atoms with van der Waals surface area (Å²) < 4.78 is 5.98. The van der Waals surface area contributed by atoms with Crippen LogP contribution in [-0.2, 0) is 14.3 Å². The van der Waals surface area contributed by atoms with Crippen LogP contribution in [0.2, 0.25) is 0 Å². The topological polar surface area (TPSA) is 63.6 Å². The third-order valence-corrected chi connectivity index (χ3v) is 4.33. The third-order valence-electron chi connectivity index (χ3n) is 4.33. The molecule has 0 rings (SSSR count). The van der Waals surface area contributed by atoms with E-state index in [0.29, 0.717) is 23.4 Å². The van der Waals surface area contributed by atoms with Crippen LogP contribution in [0.3, 0.4) is 0 Å². The number of aliphatic carboxylic acids is 1. The van der Waals surface area contributed by atoms with Crippen molar-refractivity contribution in [1.82, 2.24) is 0 Å². The minimum absolute atomic E-state index is 0.130. The van der Waals surface area contributed by atoms with Gasteiger partial charge in [0.15, 0.2) is 6.10 Å². The summed E-state index contributed by atoms with van der Waals surface area (Å²) >= 11 is 0. The number of quaternary nitrogens is 1. The van der Waals surface area contributed by atoms with Crippen molar-refractivity contribution >= 4 is 11.9 Å². The van der Waals surface area contributed by atoms with Crippen molar-refractivity contribution in [3.8, 4) is 0 Å². The molecule has 5 heteroatoms. The molecular formula is C20H40NO4+. The van der Waals surface area contributed by atoms with Gasteiger partial charge in [0.25, 0.3) is 0 Å². The second kappa shape index (κ2) is 13.2. The molecule has 0 aromatic heterocycles. The lowest BCUT2D eigenvalue weighted by Crippen LogP contribution is -2.43. The Hall–Kier alpha value is -1.10. The van der Waals surface area contributed by atoms with E-state index in [1.54, 1.807) is 0 Å². The second-order valence-electron chi connectivity index (χ2n) is 8.38. The van der Waals surface area contributed by atoms with E-state index in [4.69, 9.17) is 9.84 Å². The van der Waals surface area contributed by atoms with Crippen LogP contribution in [-0.4, -0.2) is 55.3 Å². The van der Waals surface area contributed by atoms with Crippen LogP contribution in [0, 0.1) is 5.92 Å². The van der Waals surface area contributed by atoms with Crippen molar-refractivity contribution in [2.45, 2.75) is 84.2 Å². The molecule has 0 amide bonds. The number of carboxylic acid groups (broad SMARTS) is 1. The molecule has 0 heterocycles. The lowest BCUT2D eigenvalue weighted by Gasteiger charge is -2.28. The van der Waals surface area contributed by atoms with Crippen LogP contribution in [0.5, 0.6) is 0 Å². The highest BCUT2D eigenvalue weighted by Gasteiger charge is 2.24. The SMILES string of the molecule is CCCCCCCC(C)CCCC(=O)OC(CC(=O)O)C[N+](C)(C)C. The lowest BCUT2D eigenvalue weighted by molar-refractivity contribution is -0.873. The van der Waals surface area contributed by atoms with Gasteiger partial charge in [0, 0.05) is 6.42 Å². The molecule has 0 aliphatic rings. The maximum absolute atomic E-state index is 12.0. The molecule has 0 radical (unpaired) electrons. The van der Waals surface area contributed by atoms with Crippen molar-refractivity contribution in [3.05, 3.63) is 0 Å². The molecule has 148 valence electrons. The van der Waals surface area contributed by atoms with Crippen LogP contribution in [0.4, 0.5) is 0 Å². The van der Waals surface area contributed by atoms with Crippen molar-refractivity contribution in [2.24, 2.45) is 5.92 Å². The molecule has 2 unspecified atom stereocenters. The van der Waals surface area contributed by atoms with Gasteiger partial charge < -0.3 is 14.3 Å². The zero-order chi connectivity index (χ0) is 19.3. The molecule has 0 spiro atoms. The van der Waals surface area contributed by atoms with E-state index in [1.807, 2.05) is 21.1 Å². The Morgan fingerprint density at radius 1 is 1.00 bits per heavy atom. The van der Waals surface area contributed by atoms with Gasteiger partial charge in [0.2, 0.25) is 0 Å². The van der Waals surface area contributed by atoms with Gasteiger partial charge in [-0.25, -0.2) is 0 Å². The average Bonchev–Trinajstić information content (AvgIpc) is 2.44. The van der Waals surface area contributed by atoms with E-state index in [1.165, 1.54) is 38.5 Å². The zero-order valence-electron chi connectivity index (χ0n) is 17.1. The number of ether oxygens (including phenoxy) is 1. The van der Waals surface area contributed by atoms with E-state index < -0.39 is 12.1 Å². The highest BCUT2D eigenvalue weighted by Crippen LogP contribution is 2.17. The van der Waals surface area contributed by atoms with Gasteiger partial charge >= 0.3 is 11.9 Å². The molecule has 5 nitrogen and oxygen atoms in total. The predicted octanol–water partition coefficient (Wildman–Crippen LogP) is 4.25. The minimum atomic E-state index is -0.928.